The Labute approximate surface area is 94.0 Å². The van der Waals surface area contributed by atoms with Crippen molar-refractivity contribution in [3.8, 4) is 0 Å². The molecule has 0 aromatic rings. The molecule has 0 fully saturated rings. The van der Waals surface area contributed by atoms with E-state index in [2.05, 4.69) is 34.7 Å². The standard InChI is InChI=1S/C10H17.3CH3.Sn/c1-8(2)10-6-4-9(3)5-7-10;;;;/h4,8,10H,3,5-7H2,1-2H3;3*1H3;/t10-;;;;/m1..../s1. The first-order chi connectivity index (χ1) is 6.38. The summed E-state index contributed by atoms with van der Waals surface area (Å²) in [6.45, 7) is 4.74. The van der Waals surface area contributed by atoms with Crippen LogP contribution >= 0.6 is 0 Å². The van der Waals surface area contributed by atoms with Gasteiger partial charge in [0.25, 0.3) is 0 Å². The predicted molar refractivity (Wildman–Crippen MR) is 68.4 cm³/mol. The number of hydrogen-bond donors (Lipinski definition) is 0. The van der Waals surface area contributed by atoms with Crippen molar-refractivity contribution < 1.29 is 0 Å². The first-order valence-electron chi connectivity index (χ1n) is 6.06. The van der Waals surface area contributed by atoms with Gasteiger partial charge >= 0.3 is 94.2 Å². The normalized spacial score (nSPS) is 23.9. The Hall–Kier alpha value is 0.539. The minimum atomic E-state index is -1.54. The van der Waals surface area contributed by atoms with Gasteiger partial charge in [-0.3, -0.25) is 0 Å². The van der Waals surface area contributed by atoms with E-state index >= 15 is 0 Å². The fourth-order valence-corrected chi connectivity index (χ4v) is 7.16. The molecule has 0 radical (unpaired) electrons. The first-order valence-corrected chi connectivity index (χ1v) is 16.6. The van der Waals surface area contributed by atoms with Gasteiger partial charge in [0.15, 0.2) is 0 Å². The van der Waals surface area contributed by atoms with E-state index in [4.69, 9.17) is 0 Å². The first kappa shape index (κ1) is 12.6. The predicted octanol–water partition coefficient (Wildman–Crippen LogP) is 4.71. The molecule has 1 rings (SSSR count). The van der Waals surface area contributed by atoms with E-state index in [0.717, 1.165) is 11.8 Å². The van der Waals surface area contributed by atoms with Crippen LogP contribution in [0.3, 0.4) is 0 Å². The van der Waals surface area contributed by atoms with Gasteiger partial charge in [0.2, 0.25) is 0 Å². The quantitative estimate of drug-likeness (QED) is 0.523. The fraction of sp³-hybridized carbons (Fsp3) is 0.846. The van der Waals surface area contributed by atoms with Gasteiger partial charge < -0.3 is 0 Å². The van der Waals surface area contributed by atoms with Gasteiger partial charge in [0, 0.05) is 0 Å². The van der Waals surface area contributed by atoms with Gasteiger partial charge in [-0.25, -0.2) is 0 Å². The van der Waals surface area contributed by atoms with Crippen molar-refractivity contribution in [3.63, 3.8) is 0 Å². The van der Waals surface area contributed by atoms with Crippen LogP contribution in [-0.4, -0.2) is 18.4 Å². The summed E-state index contributed by atoms with van der Waals surface area (Å²) in [5.41, 5.74) is 1.80. The molecule has 0 N–H and O–H groups in total. The molecule has 1 aliphatic rings. The van der Waals surface area contributed by atoms with E-state index in [1.54, 1.807) is 5.57 Å². The molecule has 1 aliphatic carbocycles. The topological polar surface area (TPSA) is 0 Å². The van der Waals surface area contributed by atoms with Crippen LogP contribution in [0.4, 0.5) is 0 Å². The summed E-state index contributed by atoms with van der Waals surface area (Å²) in [6, 6.07) is 0. The number of rotatable bonds is 3. The third-order valence-electron chi connectivity index (χ3n) is 3.25. The summed E-state index contributed by atoms with van der Waals surface area (Å²) in [6.07, 6.45) is 6.77. The van der Waals surface area contributed by atoms with Crippen molar-refractivity contribution in [1.82, 2.24) is 0 Å². The zero-order valence-electron chi connectivity index (χ0n) is 10.6. The van der Waals surface area contributed by atoms with Gasteiger partial charge in [0.05, 0.1) is 0 Å². The molecule has 0 heterocycles. The maximum atomic E-state index is 2.57. The second-order valence-corrected chi connectivity index (χ2v) is 22.0. The van der Waals surface area contributed by atoms with E-state index < -0.39 is 18.4 Å². The Morgan fingerprint density at radius 3 is 2.36 bits per heavy atom. The molecular weight excluding hydrogens is 275 g/mol. The summed E-state index contributed by atoms with van der Waals surface area (Å²) in [5.74, 6) is 1.85. The van der Waals surface area contributed by atoms with E-state index in [-0.39, 0.29) is 0 Å². The molecule has 0 saturated carbocycles. The summed E-state index contributed by atoms with van der Waals surface area (Å²) in [4.78, 5) is 7.64. The summed E-state index contributed by atoms with van der Waals surface area (Å²) < 4.78 is 1.50. The maximum absolute atomic E-state index is 2.57. The van der Waals surface area contributed by atoms with Crippen molar-refractivity contribution in [2.24, 2.45) is 11.8 Å². The van der Waals surface area contributed by atoms with Gasteiger partial charge in [0.1, 0.15) is 0 Å². The van der Waals surface area contributed by atoms with Crippen molar-refractivity contribution in [2.75, 3.05) is 0 Å². The molecule has 82 valence electrons. The Balaban J connectivity index is 2.45. The SMILES string of the molecule is CC(C)[C@@H]1CC=C([CH2][Sn]([CH3])([CH3])[CH3])CC1. The van der Waals surface area contributed by atoms with Crippen LogP contribution in [-0.2, 0) is 0 Å². The summed E-state index contributed by atoms with van der Waals surface area (Å²) in [7, 11) is 0. The van der Waals surface area contributed by atoms with E-state index in [1.165, 1.54) is 23.7 Å². The third kappa shape index (κ3) is 4.37. The van der Waals surface area contributed by atoms with Crippen LogP contribution < -0.4 is 0 Å². The molecule has 1 atom stereocenters. The second-order valence-electron chi connectivity index (χ2n) is 6.38. The zero-order valence-corrected chi connectivity index (χ0v) is 13.4. The molecular formula is C13H26Sn. The average Bonchev–Trinajstić information content (AvgIpc) is 2.02. The van der Waals surface area contributed by atoms with Crippen molar-refractivity contribution >= 4 is 18.4 Å². The Morgan fingerprint density at radius 1 is 1.36 bits per heavy atom. The van der Waals surface area contributed by atoms with Crippen LogP contribution in [0.1, 0.15) is 33.1 Å². The van der Waals surface area contributed by atoms with E-state index in [0.29, 0.717) is 0 Å². The molecule has 0 aromatic carbocycles. The van der Waals surface area contributed by atoms with Crippen LogP contribution in [0.15, 0.2) is 11.6 Å². The molecule has 0 aromatic heterocycles. The average molecular weight is 301 g/mol. The Morgan fingerprint density at radius 2 is 2.00 bits per heavy atom. The monoisotopic (exact) mass is 302 g/mol. The van der Waals surface area contributed by atoms with Crippen molar-refractivity contribution in [2.45, 2.75) is 52.4 Å². The summed E-state index contributed by atoms with van der Waals surface area (Å²) >= 11 is -1.54. The van der Waals surface area contributed by atoms with Crippen LogP contribution in [0.2, 0.25) is 19.3 Å². The Kier molecular flexibility index (Phi) is 4.54. The molecule has 14 heavy (non-hydrogen) atoms. The van der Waals surface area contributed by atoms with E-state index in [1.807, 2.05) is 0 Å². The van der Waals surface area contributed by atoms with Crippen LogP contribution in [0, 0.1) is 11.8 Å². The zero-order chi connectivity index (χ0) is 10.8. The fourth-order valence-electron chi connectivity index (χ4n) is 2.36. The third-order valence-corrected chi connectivity index (χ3v) is 7.57. The molecule has 0 unspecified atom stereocenters. The Bertz CT molecular complexity index is 208. The van der Waals surface area contributed by atoms with Crippen molar-refractivity contribution in [3.05, 3.63) is 11.6 Å². The number of allylic oxidation sites excluding steroid dienone is 2. The van der Waals surface area contributed by atoms with Crippen LogP contribution in [0.25, 0.3) is 0 Å². The molecule has 0 saturated heterocycles. The second kappa shape index (κ2) is 5.05. The van der Waals surface area contributed by atoms with Crippen LogP contribution in [0.5, 0.6) is 0 Å². The molecule has 0 nitrogen and oxygen atoms in total. The van der Waals surface area contributed by atoms with Crippen molar-refractivity contribution in [1.29, 1.82) is 0 Å². The van der Waals surface area contributed by atoms with Gasteiger partial charge in [-0.05, 0) is 0 Å². The number of hydrogen-bond acceptors (Lipinski definition) is 0. The van der Waals surface area contributed by atoms with Gasteiger partial charge in [-0.1, -0.05) is 0 Å². The molecule has 0 spiro atoms. The minimum absolute atomic E-state index is 0.881. The molecule has 0 bridgehead atoms. The van der Waals surface area contributed by atoms with Gasteiger partial charge in [-0.2, -0.15) is 0 Å². The van der Waals surface area contributed by atoms with Gasteiger partial charge in [-0.15, -0.1) is 0 Å². The summed E-state index contributed by atoms with van der Waals surface area (Å²) in [5, 5.41) is 0. The molecule has 0 amide bonds. The molecule has 0 aliphatic heterocycles. The van der Waals surface area contributed by atoms with E-state index in [9.17, 15) is 0 Å². The molecule has 1 heteroatoms.